The average Bonchev–Trinajstić information content (AvgIpc) is 3.49. The molecule has 37 heavy (non-hydrogen) atoms. The van der Waals surface area contributed by atoms with Crippen LogP contribution in [0, 0.1) is 0 Å². The van der Waals surface area contributed by atoms with E-state index in [2.05, 4.69) is 51.3 Å². The van der Waals surface area contributed by atoms with Crippen molar-refractivity contribution in [3.8, 4) is 6.01 Å². The van der Waals surface area contributed by atoms with Crippen LogP contribution in [-0.2, 0) is 13.0 Å². The molecule has 0 amide bonds. The Balaban J connectivity index is 1.23. The van der Waals surface area contributed by atoms with Crippen molar-refractivity contribution < 1.29 is 4.74 Å². The number of hydrogen-bond acceptors (Lipinski definition) is 7. The van der Waals surface area contributed by atoms with Crippen LogP contribution in [0.5, 0.6) is 6.01 Å². The lowest BCUT2D eigenvalue weighted by atomic mass is 10.0. The lowest BCUT2D eigenvalue weighted by Crippen LogP contribution is -2.52. The summed E-state index contributed by atoms with van der Waals surface area (Å²) < 4.78 is 6.31. The third-order valence-corrected chi connectivity index (χ3v) is 9.10. The fraction of sp³-hybridized carbons (Fsp3) is 0.517. The molecule has 7 nitrogen and oxygen atoms in total. The summed E-state index contributed by atoms with van der Waals surface area (Å²) in [5.74, 6) is 1.09. The van der Waals surface area contributed by atoms with Crippen molar-refractivity contribution in [2.75, 3.05) is 49.6 Å². The van der Waals surface area contributed by atoms with Crippen molar-refractivity contribution in [2.45, 2.75) is 56.8 Å². The Labute approximate surface area is 223 Å². The third kappa shape index (κ3) is 4.41. The smallest absolute Gasteiger partial charge is 0.318 e. The molecule has 0 aliphatic carbocycles. The number of nitrogens with one attached hydrogen (secondary N) is 1. The van der Waals surface area contributed by atoms with Gasteiger partial charge in [-0.3, -0.25) is 0 Å². The number of piperazine rings is 1. The van der Waals surface area contributed by atoms with Crippen LogP contribution in [0.3, 0.4) is 0 Å². The highest BCUT2D eigenvalue weighted by Crippen LogP contribution is 2.37. The normalized spacial score (nSPS) is 25.6. The summed E-state index contributed by atoms with van der Waals surface area (Å²) in [7, 11) is 2.18. The zero-order valence-corrected chi connectivity index (χ0v) is 22.3. The van der Waals surface area contributed by atoms with Crippen molar-refractivity contribution in [1.29, 1.82) is 0 Å². The van der Waals surface area contributed by atoms with Crippen molar-refractivity contribution >= 4 is 33.9 Å². The molecule has 8 heteroatoms. The highest BCUT2D eigenvalue weighted by Gasteiger charge is 2.35. The van der Waals surface area contributed by atoms with Gasteiger partial charge in [0.15, 0.2) is 0 Å². The van der Waals surface area contributed by atoms with E-state index in [1.165, 1.54) is 42.3 Å². The van der Waals surface area contributed by atoms with E-state index in [-0.39, 0.29) is 0 Å². The van der Waals surface area contributed by atoms with E-state index in [1.807, 2.05) is 12.1 Å². The molecule has 7 rings (SSSR count). The monoisotopic (exact) mass is 518 g/mol. The first-order chi connectivity index (χ1) is 18.1. The summed E-state index contributed by atoms with van der Waals surface area (Å²) in [5, 5.41) is 6.84. The first-order valence-electron chi connectivity index (χ1n) is 13.8. The molecule has 194 valence electrons. The number of fused-ring (bicyclic) bond motifs is 4. The molecule has 1 N–H and O–H groups in total. The number of benzene rings is 2. The maximum absolute atomic E-state index is 6.69. The maximum atomic E-state index is 6.69. The predicted octanol–water partition coefficient (Wildman–Crippen LogP) is 4.26. The van der Waals surface area contributed by atoms with Gasteiger partial charge in [0.2, 0.25) is 0 Å². The van der Waals surface area contributed by atoms with Gasteiger partial charge in [0, 0.05) is 54.4 Å². The molecular formula is C29H35ClN6O. The molecule has 2 bridgehead atoms. The van der Waals surface area contributed by atoms with Gasteiger partial charge < -0.3 is 24.8 Å². The number of hydrogen-bond donors (Lipinski definition) is 1. The Hall–Kier alpha value is -2.61. The molecule has 4 aliphatic rings. The fourth-order valence-corrected chi connectivity index (χ4v) is 7.07. The van der Waals surface area contributed by atoms with Gasteiger partial charge in [0.05, 0.1) is 17.3 Å². The Bertz CT molecular complexity index is 1300. The van der Waals surface area contributed by atoms with Gasteiger partial charge in [0.1, 0.15) is 12.4 Å². The summed E-state index contributed by atoms with van der Waals surface area (Å²) in [6.07, 6.45) is 5.82. The van der Waals surface area contributed by atoms with Crippen molar-refractivity contribution in [1.82, 2.24) is 20.2 Å². The largest absolute Gasteiger partial charge is 0.462 e. The topological polar surface area (TPSA) is 56.8 Å². The van der Waals surface area contributed by atoms with E-state index in [0.717, 1.165) is 61.1 Å². The van der Waals surface area contributed by atoms with E-state index in [9.17, 15) is 0 Å². The molecular weight excluding hydrogens is 484 g/mol. The van der Waals surface area contributed by atoms with E-state index < -0.39 is 0 Å². The highest BCUT2D eigenvalue weighted by atomic mass is 35.5. The zero-order chi connectivity index (χ0) is 24.9. The molecule has 3 fully saturated rings. The summed E-state index contributed by atoms with van der Waals surface area (Å²) in [4.78, 5) is 17.4. The zero-order valence-electron chi connectivity index (χ0n) is 21.5. The molecule has 0 spiro atoms. The van der Waals surface area contributed by atoms with Gasteiger partial charge in [-0.15, -0.1) is 0 Å². The fourth-order valence-electron chi connectivity index (χ4n) is 6.79. The van der Waals surface area contributed by atoms with Crippen LogP contribution in [0.15, 0.2) is 36.4 Å². The molecule has 2 unspecified atom stereocenters. The van der Waals surface area contributed by atoms with Gasteiger partial charge >= 0.3 is 6.01 Å². The van der Waals surface area contributed by atoms with Crippen molar-refractivity contribution in [3.63, 3.8) is 0 Å². The van der Waals surface area contributed by atoms with Crippen LogP contribution in [-0.4, -0.2) is 72.8 Å². The highest BCUT2D eigenvalue weighted by molar-refractivity contribution is 6.36. The van der Waals surface area contributed by atoms with Crippen LogP contribution in [0.1, 0.15) is 36.9 Å². The number of rotatable bonds is 5. The number of aromatic nitrogens is 2. The van der Waals surface area contributed by atoms with Crippen LogP contribution in [0.4, 0.5) is 11.5 Å². The Kier molecular flexibility index (Phi) is 6.10. The van der Waals surface area contributed by atoms with E-state index in [4.69, 9.17) is 26.3 Å². The number of nitrogens with zero attached hydrogens (tertiary/aromatic N) is 5. The number of likely N-dealkylation sites (N-methyl/N-ethyl adjacent to an activating group) is 1. The van der Waals surface area contributed by atoms with Gasteiger partial charge in [0.25, 0.3) is 0 Å². The Morgan fingerprint density at radius 2 is 1.81 bits per heavy atom. The molecule has 0 saturated carbocycles. The summed E-state index contributed by atoms with van der Waals surface area (Å²) in [5.41, 5.74) is 3.54. The van der Waals surface area contributed by atoms with Crippen LogP contribution >= 0.6 is 11.6 Å². The lowest BCUT2D eigenvalue weighted by molar-refractivity contribution is 0.187. The Morgan fingerprint density at radius 1 is 1.00 bits per heavy atom. The number of halogens is 1. The van der Waals surface area contributed by atoms with Gasteiger partial charge in [-0.05, 0) is 63.2 Å². The van der Waals surface area contributed by atoms with Gasteiger partial charge in [-0.25, -0.2) is 0 Å². The van der Waals surface area contributed by atoms with Crippen molar-refractivity contribution in [3.05, 3.63) is 52.7 Å². The molecule has 0 radical (unpaired) electrons. The molecule has 3 aromatic rings. The predicted molar refractivity (Wildman–Crippen MR) is 149 cm³/mol. The minimum atomic E-state index is 0.437. The summed E-state index contributed by atoms with van der Waals surface area (Å²) in [6, 6.07) is 14.6. The molecule has 3 saturated heterocycles. The quantitative estimate of drug-likeness (QED) is 0.541. The van der Waals surface area contributed by atoms with Crippen LogP contribution in [0.2, 0.25) is 5.02 Å². The minimum Gasteiger partial charge on any atom is -0.462 e. The van der Waals surface area contributed by atoms with E-state index in [0.29, 0.717) is 30.7 Å². The molecule has 4 aliphatic heterocycles. The number of likely N-dealkylation sites (tertiary alicyclic amines) is 1. The van der Waals surface area contributed by atoms with Crippen molar-refractivity contribution in [2.24, 2.45) is 0 Å². The second-order valence-corrected chi connectivity index (χ2v) is 11.6. The van der Waals surface area contributed by atoms with Crippen LogP contribution in [0.25, 0.3) is 10.8 Å². The van der Waals surface area contributed by atoms with E-state index >= 15 is 0 Å². The molecule has 5 heterocycles. The SMILES string of the molecule is CN1CCC[C@H]1COc1nc2c(c(N3CC4CCC(C3)N4)n1)CCN(c1cccc3cccc(Cl)c13)C2. The molecule has 1 aromatic heterocycles. The third-order valence-electron chi connectivity index (χ3n) is 8.79. The molecule has 2 aromatic carbocycles. The lowest BCUT2D eigenvalue weighted by Gasteiger charge is -2.37. The second kappa shape index (κ2) is 9.61. The summed E-state index contributed by atoms with van der Waals surface area (Å²) in [6.45, 7) is 5.44. The molecule has 3 atom stereocenters. The van der Waals surface area contributed by atoms with Gasteiger partial charge in [-0.1, -0.05) is 35.9 Å². The van der Waals surface area contributed by atoms with E-state index in [1.54, 1.807) is 0 Å². The number of ether oxygens (including phenoxy) is 1. The van der Waals surface area contributed by atoms with Gasteiger partial charge in [-0.2, -0.15) is 9.97 Å². The first kappa shape index (κ1) is 23.5. The second-order valence-electron chi connectivity index (χ2n) is 11.2. The summed E-state index contributed by atoms with van der Waals surface area (Å²) >= 11 is 6.69. The number of anilines is 2. The average molecular weight is 519 g/mol. The first-order valence-corrected chi connectivity index (χ1v) is 14.2. The maximum Gasteiger partial charge on any atom is 0.318 e. The Morgan fingerprint density at radius 3 is 2.59 bits per heavy atom. The minimum absolute atomic E-state index is 0.437. The standard InChI is InChI=1S/C29H35ClN6O/c1-34-13-4-7-22(34)18-37-29-32-25-17-35(26-9-3-6-19-5-2-8-24(30)27(19)26)14-12-23(25)28(33-29)36-15-20-10-11-21(16-36)31-20/h2-3,5-6,8-9,20-22,31H,4,7,10-18H2,1H3/t20?,21?,22-/m0/s1. The van der Waals surface area contributed by atoms with Crippen LogP contribution < -0.4 is 19.9 Å².